The van der Waals surface area contributed by atoms with Crippen molar-refractivity contribution in [1.82, 2.24) is 14.8 Å². The number of amides is 1. The van der Waals surface area contributed by atoms with Gasteiger partial charge in [-0.2, -0.15) is 0 Å². The number of anilines is 1. The lowest BCUT2D eigenvalue weighted by atomic mass is 10.0. The van der Waals surface area contributed by atoms with Gasteiger partial charge in [0, 0.05) is 17.6 Å². The van der Waals surface area contributed by atoms with Crippen molar-refractivity contribution in [2.75, 3.05) is 5.32 Å². The molecule has 0 fully saturated rings. The lowest BCUT2D eigenvalue weighted by Gasteiger charge is -2.14. The molecule has 0 radical (unpaired) electrons. The number of nitrogens with zero attached hydrogens (tertiary/aromatic N) is 3. The molecule has 0 spiro atoms. The Labute approximate surface area is 146 Å². The quantitative estimate of drug-likeness (QED) is 0.832. The fourth-order valence-electron chi connectivity index (χ4n) is 1.93. The molecule has 0 aliphatic rings. The van der Waals surface area contributed by atoms with E-state index in [4.69, 9.17) is 5.73 Å². The zero-order valence-corrected chi connectivity index (χ0v) is 15.0. The number of aryl methyl sites for hydroxylation is 1. The van der Waals surface area contributed by atoms with Crippen LogP contribution in [-0.4, -0.2) is 26.7 Å². The van der Waals surface area contributed by atoms with Crippen LogP contribution in [0.2, 0.25) is 0 Å². The maximum Gasteiger partial charge on any atom is 0.241 e. The van der Waals surface area contributed by atoms with E-state index in [-0.39, 0.29) is 18.3 Å². The van der Waals surface area contributed by atoms with Crippen LogP contribution in [0.4, 0.5) is 5.69 Å². The van der Waals surface area contributed by atoms with Gasteiger partial charge in [-0.15, -0.1) is 22.6 Å². The van der Waals surface area contributed by atoms with Crippen molar-refractivity contribution >= 4 is 35.8 Å². The van der Waals surface area contributed by atoms with E-state index in [1.54, 1.807) is 6.33 Å². The number of hydrogen-bond acceptors (Lipinski definition) is 5. The van der Waals surface area contributed by atoms with Gasteiger partial charge in [0.15, 0.2) is 5.16 Å². The van der Waals surface area contributed by atoms with Crippen LogP contribution < -0.4 is 11.1 Å². The van der Waals surface area contributed by atoms with E-state index in [2.05, 4.69) is 15.5 Å². The Balaban J connectivity index is 0.00000264. The predicted octanol–water partition coefficient (Wildman–Crippen LogP) is 2.70. The lowest BCUT2D eigenvalue weighted by Crippen LogP contribution is -2.36. The monoisotopic (exact) mass is 355 g/mol. The average Bonchev–Trinajstić information content (AvgIpc) is 2.85. The predicted molar refractivity (Wildman–Crippen MR) is 94.9 cm³/mol. The normalized spacial score (nSPS) is 11.9. The first-order valence-electron chi connectivity index (χ1n) is 7.14. The fourth-order valence-corrected chi connectivity index (χ4v) is 2.69. The van der Waals surface area contributed by atoms with Crippen LogP contribution in [0, 0.1) is 5.92 Å². The molecule has 1 heterocycles. The molecule has 126 valence electrons. The molecule has 0 unspecified atom stereocenters. The summed E-state index contributed by atoms with van der Waals surface area (Å²) in [6, 6.07) is 7.11. The number of hydrogen-bond donors (Lipinski definition) is 2. The van der Waals surface area contributed by atoms with Gasteiger partial charge < -0.3 is 15.6 Å². The molecule has 0 aliphatic carbocycles. The molecule has 1 aromatic heterocycles. The highest BCUT2D eigenvalue weighted by atomic mass is 35.5. The van der Waals surface area contributed by atoms with Crippen molar-refractivity contribution in [3.63, 3.8) is 0 Å². The first kappa shape index (κ1) is 19.5. The van der Waals surface area contributed by atoms with Crippen molar-refractivity contribution in [1.29, 1.82) is 0 Å². The summed E-state index contributed by atoms with van der Waals surface area (Å²) in [5.74, 6) is 0.244. The highest BCUT2D eigenvalue weighted by molar-refractivity contribution is 7.99. The molecule has 2 rings (SSSR count). The van der Waals surface area contributed by atoms with Gasteiger partial charge in [-0.3, -0.25) is 4.79 Å². The molecule has 0 aliphatic heterocycles. The largest absolute Gasteiger partial charge is 0.325 e. The summed E-state index contributed by atoms with van der Waals surface area (Å²) >= 11 is 1.52. The van der Waals surface area contributed by atoms with Crippen LogP contribution in [-0.2, 0) is 11.8 Å². The van der Waals surface area contributed by atoms with Gasteiger partial charge in [-0.25, -0.2) is 0 Å². The van der Waals surface area contributed by atoms with Crippen LogP contribution >= 0.6 is 24.2 Å². The Hall–Kier alpha value is -1.57. The molecule has 0 bridgehead atoms. The van der Waals surface area contributed by atoms with E-state index in [0.29, 0.717) is 12.3 Å². The Morgan fingerprint density at radius 1 is 1.35 bits per heavy atom. The molecule has 2 aromatic rings. The zero-order chi connectivity index (χ0) is 16.1. The molecule has 23 heavy (non-hydrogen) atoms. The van der Waals surface area contributed by atoms with E-state index in [1.807, 2.05) is 49.7 Å². The third kappa shape index (κ3) is 5.85. The summed E-state index contributed by atoms with van der Waals surface area (Å²) in [6.07, 6.45) is 2.33. The summed E-state index contributed by atoms with van der Waals surface area (Å²) in [5, 5.41) is 11.5. The number of carbonyl (C=O) groups is 1. The number of nitrogens with two attached hydrogens (primary N) is 1. The van der Waals surface area contributed by atoms with Crippen LogP contribution in [0.3, 0.4) is 0 Å². The SMILES string of the molecule is CC(C)C[C@H](N)C(=O)Nc1ccc(Sc2nncn2C)cc1.Cl. The highest BCUT2D eigenvalue weighted by Gasteiger charge is 2.15. The standard InChI is InChI=1S/C15H21N5OS.ClH/c1-10(2)8-13(16)14(21)18-11-4-6-12(7-5-11)22-15-19-17-9-20(15)3;/h4-7,9-10,13H,8,16H2,1-3H3,(H,18,21);1H/t13-;/m0./s1. The minimum absolute atomic E-state index is 0. The number of carbonyl (C=O) groups excluding carboxylic acids is 1. The highest BCUT2D eigenvalue weighted by Crippen LogP contribution is 2.26. The summed E-state index contributed by atoms with van der Waals surface area (Å²) in [6.45, 7) is 4.09. The third-order valence-electron chi connectivity index (χ3n) is 3.06. The van der Waals surface area contributed by atoms with E-state index in [0.717, 1.165) is 15.7 Å². The van der Waals surface area contributed by atoms with Crippen LogP contribution in [0.1, 0.15) is 20.3 Å². The molecule has 1 atom stereocenters. The van der Waals surface area contributed by atoms with Gasteiger partial charge in [-0.05, 0) is 48.4 Å². The van der Waals surface area contributed by atoms with E-state index < -0.39 is 6.04 Å². The lowest BCUT2D eigenvalue weighted by molar-refractivity contribution is -0.117. The second kappa shape index (κ2) is 8.90. The third-order valence-corrected chi connectivity index (χ3v) is 4.12. The number of aromatic nitrogens is 3. The van der Waals surface area contributed by atoms with Gasteiger partial charge in [0.25, 0.3) is 0 Å². The molecule has 0 saturated heterocycles. The fraction of sp³-hybridized carbons (Fsp3) is 0.400. The number of nitrogens with one attached hydrogen (secondary N) is 1. The van der Waals surface area contributed by atoms with Gasteiger partial charge in [0.2, 0.25) is 5.91 Å². The number of rotatable bonds is 6. The Morgan fingerprint density at radius 2 is 2.00 bits per heavy atom. The molecule has 6 nitrogen and oxygen atoms in total. The molecular weight excluding hydrogens is 334 g/mol. The van der Waals surface area contributed by atoms with Crippen LogP contribution in [0.25, 0.3) is 0 Å². The van der Waals surface area contributed by atoms with E-state index in [9.17, 15) is 4.79 Å². The number of halogens is 1. The maximum absolute atomic E-state index is 12.0. The van der Waals surface area contributed by atoms with Gasteiger partial charge >= 0.3 is 0 Å². The van der Waals surface area contributed by atoms with E-state index >= 15 is 0 Å². The number of benzene rings is 1. The summed E-state index contributed by atoms with van der Waals surface area (Å²) in [5.41, 5.74) is 6.61. The van der Waals surface area contributed by atoms with Crippen molar-refractivity contribution in [2.24, 2.45) is 18.7 Å². The van der Waals surface area contributed by atoms with Crippen LogP contribution in [0.5, 0.6) is 0 Å². The smallest absolute Gasteiger partial charge is 0.241 e. The molecule has 1 aromatic carbocycles. The first-order valence-corrected chi connectivity index (χ1v) is 7.95. The summed E-state index contributed by atoms with van der Waals surface area (Å²) in [4.78, 5) is 13.0. The molecule has 8 heteroatoms. The summed E-state index contributed by atoms with van der Waals surface area (Å²) in [7, 11) is 1.90. The minimum atomic E-state index is -0.479. The maximum atomic E-state index is 12.0. The van der Waals surface area contributed by atoms with Gasteiger partial charge in [0.05, 0.1) is 6.04 Å². The van der Waals surface area contributed by atoms with Gasteiger partial charge in [0.1, 0.15) is 6.33 Å². The first-order chi connectivity index (χ1) is 10.5. The molecular formula is C15H22ClN5OS. The van der Waals surface area contributed by atoms with Crippen molar-refractivity contribution < 1.29 is 4.79 Å². The summed E-state index contributed by atoms with van der Waals surface area (Å²) < 4.78 is 1.85. The minimum Gasteiger partial charge on any atom is -0.325 e. The van der Waals surface area contributed by atoms with Crippen LogP contribution in [0.15, 0.2) is 40.6 Å². The second-order valence-electron chi connectivity index (χ2n) is 5.58. The topological polar surface area (TPSA) is 85.8 Å². The molecule has 1 amide bonds. The van der Waals surface area contributed by atoms with Crippen molar-refractivity contribution in [3.8, 4) is 0 Å². The van der Waals surface area contributed by atoms with Crippen molar-refractivity contribution in [3.05, 3.63) is 30.6 Å². The second-order valence-corrected chi connectivity index (χ2v) is 6.62. The molecule has 3 N–H and O–H groups in total. The van der Waals surface area contributed by atoms with E-state index in [1.165, 1.54) is 11.8 Å². The molecule has 0 saturated carbocycles. The Morgan fingerprint density at radius 3 is 2.52 bits per heavy atom. The Kier molecular flexibility index (Phi) is 7.54. The zero-order valence-electron chi connectivity index (χ0n) is 13.4. The average molecular weight is 356 g/mol. The van der Waals surface area contributed by atoms with Crippen molar-refractivity contribution in [2.45, 2.75) is 36.4 Å². The Bertz CT molecular complexity index is 629. The van der Waals surface area contributed by atoms with Gasteiger partial charge in [-0.1, -0.05) is 13.8 Å².